The smallest absolute Gasteiger partial charge is 0.362 e. The highest BCUT2D eigenvalue weighted by molar-refractivity contribution is 7.84. The molecule has 7 N–H and O–H groups in total. The van der Waals surface area contributed by atoms with Gasteiger partial charge < -0.3 is 26.3 Å². The summed E-state index contributed by atoms with van der Waals surface area (Å²) in [4.78, 5) is 46.9. The lowest BCUT2D eigenvalue weighted by atomic mass is 9.98. The van der Waals surface area contributed by atoms with Crippen molar-refractivity contribution in [3.05, 3.63) is 23.0 Å². The Morgan fingerprint density at radius 1 is 1.43 bits per heavy atom. The van der Waals surface area contributed by atoms with Gasteiger partial charge in [0.05, 0.1) is 25.6 Å². The lowest BCUT2D eigenvalue weighted by Crippen LogP contribution is -2.73. The van der Waals surface area contributed by atoms with Crippen LogP contribution in [-0.4, -0.2) is 89.9 Å². The van der Waals surface area contributed by atoms with Gasteiger partial charge in [-0.05, 0) is 13.8 Å². The van der Waals surface area contributed by atoms with E-state index in [2.05, 4.69) is 31.0 Å². The van der Waals surface area contributed by atoms with E-state index in [-0.39, 0.29) is 28.2 Å². The second-order valence-corrected chi connectivity index (χ2v) is 10.1. The van der Waals surface area contributed by atoms with Crippen molar-refractivity contribution in [3.63, 3.8) is 0 Å². The molecule has 0 saturated carbocycles. The molecule has 3 rings (SSSR count). The zero-order chi connectivity index (χ0) is 27.5. The molecule has 37 heavy (non-hydrogen) atoms. The van der Waals surface area contributed by atoms with Crippen molar-refractivity contribution in [2.75, 3.05) is 5.73 Å². The van der Waals surface area contributed by atoms with Crippen molar-refractivity contribution in [2.24, 2.45) is 5.16 Å². The Balaban J connectivity index is 1.86. The number of hydrogen-bond acceptors (Lipinski definition) is 13. The number of aliphatic carboxylic acids is 1. The minimum Gasteiger partial charge on any atom is -0.478 e. The third-order valence-electron chi connectivity index (χ3n) is 4.88. The van der Waals surface area contributed by atoms with E-state index in [1.807, 2.05) is 0 Å². The monoisotopic (exact) mass is 558 g/mol. The summed E-state index contributed by atoms with van der Waals surface area (Å²) in [7, 11) is -4.99. The summed E-state index contributed by atoms with van der Waals surface area (Å²) < 4.78 is 33.2. The average molecular weight is 559 g/mol. The molecule has 20 heteroatoms. The number of nitrogens with two attached hydrogens (primary N) is 1. The molecule has 0 spiro atoms. The quantitative estimate of drug-likeness (QED) is 0.0531. The number of rotatable bonds is 12. The number of β-lactam (4-membered cyclic amide) rings is 1. The molecule has 1 aliphatic rings. The van der Waals surface area contributed by atoms with Crippen LogP contribution in [0.5, 0.6) is 0 Å². The fourth-order valence-electron chi connectivity index (χ4n) is 2.98. The highest BCUT2D eigenvalue weighted by Gasteiger charge is 2.54. The van der Waals surface area contributed by atoms with Crippen molar-refractivity contribution in [2.45, 2.75) is 44.6 Å². The molecule has 2 atom stereocenters. The van der Waals surface area contributed by atoms with Crippen LogP contribution in [0, 0.1) is 5.41 Å². The van der Waals surface area contributed by atoms with Crippen LogP contribution in [0.2, 0.25) is 0 Å². The predicted octanol–water partition coefficient (Wildman–Crippen LogP) is -2.20. The summed E-state index contributed by atoms with van der Waals surface area (Å²) >= 11 is 0.950. The molecule has 200 valence electrons. The third-order valence-corrected chi connectivity index (χ3v) is 6.51. The number of nitrogens with zero attached hydrogens (tertiary/aromatic N) is 6. The topological polar surface area (TPSA) is 268 Å². The summed E-state index contributed by atoms with van der Waals surface area (Å²) in [6, 6.07) is -2.81. The molecular formula is C17H22N10O8S2. The normalized spacial score (nSPS) is 18.2. The summed E-state index contributed by atoms with van der Waals surface area (Å²) in [5, 5.41) is 34.1. The number of hydrogen-bond donors (Lipinski definition) is 6. The number of nitrogen functional groups attached to an aromatic ring is 1. The zero-order valence-corrected chi connectivity index (χ0v) is 20.9. The van der Waals surface area contributed by atoms with Crippen molar-refractivity contribution in [3.8, 4) is 0 Å². The Labute approximate surface area is 212 Å². The maximum atomic E-state index is 13.1. The van der Waals surface area contributed by atoms with Gasteiger partial charge in [0, 0.05) is 5.38 Å². The first-order valence-corrected chi connectivity index (χ1v) is 12.5. The number of carbonyl (C=O) groups excluding carboxylic acids is 2. The van der Waals surface area contributed by atoms with Crippen LogP contribution in [-0.2, 0) is 42.6 Å². The average Bonchev–Trinajstić information content (AvgIpc) is 3.43. The third kappa shape index (κ3) is 6.16. The van der Waals surface area contributed by atoms with Crippen molar-refractivity contribution >= 4 is 56.6 Å². The number of carboxylic acid groups (broad SMARTS) is 1. The van der Waals surface area contributed by atoms with Crippen LogP contribution >= 0.6 is 11.3 Å². The van der Waals surface area contributed by atoms with Gasteiger partial charge in [0.1, 0.15) is 23.5 Å². The Bertz CT molecular complexity index is 1350. The Morgan fingerprint density at radius 3 is 2.70 bits per heavy atom. The second kappa shape index (κ2) is 10.4. The molecule has 2 aromatic heterocycles. The Hall–Kier alpha value is -4.17. The molecular weight excluding hydrogens is 536 g/mol. The van der Waals surface area contributed by atoms with Gasteiger partial charge in [0.2, 0.25) is 5.60 Å². The standard InChI is InChI=1S/C17H22N10O8S2/c1-17(2,15(30)31)35-25-11(9-6-36-16(19)22-9)13(28)23-12-10(27(14(12)29)37(32,33)34)5-26-21-4-8(24-26)3-20-7-18/h4,6-7,10,12H,3,5H2,1-2H3,(H2,18,20)(H2,19,22)(H,23,28)(H,30,31)(H,32,33,34)/b25-11-/t10-,12+/m1/s1. The fraction of sp³-hybridized carbons (Fsp3) is 0.412. The highest BCUT2D eigenvalue weighted by atomic mass is 32.2. The van der Waals surface area contributed by atoms with E-state index in [1.165, 1.54) is 25.4 Å². The molecule has 1 aliphatic heterocycles. The first-order valence-electron chi connectivity index (χ1n) is 10.2. The van der Waals surface area contributed by atoms with Crippen LogP contribution < -0.4 is 16.4 Å². The molecule has 0 aromatic carbocycles. The van der Waals surface area contributed by atoms with Gasteiger partial charge in [-0.15, -0.1) is 11.3 Å². The van der Waals surface area contributed by atoms with E-state index in [1.54, 1.807) is 0 Å². The summed E-state index contributed by atoms with van der Waals surface area (Å²) in [6.07, 6.45) is 2.27. The van der Waals surface area contributed by atoms with Crippen LogP contribution in [0.1, 0.15) is 25.2 Å². The predicted molar refractivity (Wildman–Crippen MR) is 126 cm³/mol. The Kier molecular flexibility index (Phi) is 7.74. The number of aromatic nitrogens is 4. The molecule has 0 radical (unpaired) electrons. The molecule has 2 amide bonds. The van der Waals surface area contributed by atoms with Gasteiger partial charge in [-0.3, -0.25) is 19.6 Å². The van der Waals surface area contributed by atoms with Crippen molar-refractivity contribution in [1.82, 2.24) is 34.9 Å². The molecule has 2 aromatic rings. The molecule has 0 unspecified atom stereocenters. The Morgan fingerprint density at radius 2 is 2.14 bits per heavy atom. The maximum Gasteiger partial charge on any atom is 0.362 e. The SMILES string of the molecule is CC(C)(O/N=C(\C(=O)N[C@@H]1C(=O)N(S(=O)(=O)O)[C@@H]1Cn1ncc(CNC=N)n1)c1csc(N)n1)C(=O)O. The molecule has 18 nitrogen and oxygen atoms in total. The fourth-order valence-corrected chi connectivity index (χ4v) is 4.39. The minimum atomic E-state index is -4.99. The lowest BCUT2D eigenvalue weighted by molar-refractivity contribution is -0.161. The number of nitrogens with one attached hydrogen (secondary N) is 3. The van der Waals surface area contributed by atoms with E-state index in [9.17, 15) is 32.5 Å². The summed E-state index contributed by atoms with van der Waals surface area (Å²) in [6.45, 7) is 2.17. The minimum absolute atomic E-state index is 0.0567. The van der Waals surface area contributed by atoms with E-state index >= 15 is 0 Å². The van der Waals surface area contributed by atoms with Crippen LogP contribution in [0.4, 0.5) is 5.13 Å². The first kappa shape index (κ1) is 27.4. The van der Waals surface area contributed by atoms with Crippen LogP contribution in [0.3, 0.4) is 0 Å². The van der Waals surface area contributed by atoms with Gasteiger partial charge >= 0.3 is 16.3 Å². The van der Waals surface area contributed by atoms with Crippen LogP contribution in [0.25, 0.3) is 0 Å². The van der Waals surface area contributed by atoms with E-state index in [0.29, 0.717) is 5.69 Å². The van der Waals surface area contributed by atoms with Gasteiger partial charge in [-0.1, -0.05) is 5.16 Å². The van der Waals surface area contributed by atoms with Crippen LogP contribution in [0.15, 0.2) is 16.7 Å². The lowest BCUT2D eigenvalue weighted by Gasteiger charge is -2.43. The first-order chi connectivity index (χ1) is 17.2. The summed E-state index contributed by atoms with van der Waals surface area (Å²) in [5.41, 5.74) is 3.55. The molecule has 1 saturated heterocycles. The van der Waals surface area contributed by atoms with Gasteiger partial charge in [-0.25, -0.2) is 14.1 Å². The van der Waals surface area contributed by atoms with E-state index < -0.39 is 51.5 Å². The number of anilines is 1. The zero-order valence-electron chi connectivity index (χ0n) is 19.2. The molecule has 0 aliphatic carbocycles. The molecule has 1 fully saturated rings. The number of oxime groups is 1. The van der Waals surface area contributed by atoms with E-state index in [4.69, 9.17) is 16.0 Å². The van der Waals surface area contributed by atoms with Gasteiger partial charge in [0.25, 0.3) is 11.8 Å². The van der Waals surface area contributed by atoms with Crippen molar-refractivity contribution < 1.29 is 37.3 Å². The van der Waals surface area contributed by atoms with Gasteiger partial charge in [-0.2, -0.15) is 23.4 Å². The van der Waals surface area contributed by atoms with E-state index in [0.717, 1.165) is 22.5 Å². The second-order valence-electron chi connectivity index (χ2n) is 7.96. The molecule has 3 heterocycles. The highest BCUT2D eigenvalue weighted by Crippen LogP contribution is 2.25. The van der Waals surface area contributed by atoms with Crippen molar-refractivity contribution in [1.29, 1.82) is 5.41 Å². The number of amides is 2. The van der Waals surface area contributed by atoms with Gasteiger partial charge in [0.15, 0.2) is 10.8 Å². The largest absolute Gasteiger partial charge is 0.478 e. The number of carbonyl (C=O) groups is 3. The summed E-state index contributed by atoms with van der Waals surface area (Å²) in [5.74, 6) is -3.59. The number of thiazole rings is 1. The number of carboxylic acids is 1. The molecule has 0 bridgehead atoms. The maximum absolute atomic E-state index is 13.1.